The first-order valence-corrected chi connectivity index (χ1v) is 9.45. The molecule has 0 amide bonds. The number of carbonyl (C=O) groups excluding carboxylic acids is 1. The fraction of sp³-hybridized carbons (Fsp3) is 0.292. The number of hydrogen-bond donors (Lipinski definition) is 0. The molecule has 0 N–H and O–H groups in total. The van der Waals surface area contributed by atoms with E-state index in [1.54, 1.807) is 58.8 Å². The van der Waals surface area contributed by atoms with E-state index in [-0.39, 0.29) is 5.78 Å². The summed E-state index contributed by atoms with van der Waals surface area (Å²) in [6, 6.07) is 7.04. The van der Waals surface area contributed by atoms with Crippen molar-refractivity contribution in [1.82, 2.24) is 0 Å². The van der Waals surface area contributed by atoms with Gasteiger partial charge in [0.2, 0.25) is 5.75 Å². The van der Waals surface area contributed by atoms with Crippen LogP contribution < -0.4 is 23.7 Å². The molecule has 6 heteroatoms. The molecule has 0 saturated carbocycles. The second kappa shape index (κ2) is 8.53. The van der Waals surface area contributed by atoms with Gasteiger partial charge in [0, 0.05) is 0 Å². The maximum Gasteiger partial charge on any atom is 0.203 e. The van der Waals surface area contributed by atoms with Crippen molar-refractivity contribution >= 4 is 17.9 Å². The molecule has 1 aliphatic rings. The number of rotatable bonds is 7. The standard InChI is InChI=1S/C24H26O6/c1-24(2)12-11-17-19(26-3)10-8-16(22(17)30-24)18(25)9-7-15-13-20(27-4)23(29-6)21(14-15)28-5/h7-14H,1-6H3/b9-7+. The van der Waals surface area contributed by atoms with E-state index < -0.39 is 5.60 Å². The summed E-state index contributed by atoms with van der Waals surface area (Å²) in [5.74, 6) is 2.51. The Morgan fingerprint density at radius 2 is 1.57 bits per heavy atom. The van der Waals surface area contributed by atoms with E-state index in [9.17, 15) is 4.79 Å². The van der Waals surface area contributed by atoms with Gasteiger partial charge in [-0.2, -0.15) is 0 Å². The molecule has 3 rings (SSSR count). The number of fused-ring (bicyclic) bond motifs is 1. The van der Waals surface area contributed by atoms with Crippen LogP contribution in [0.1, 0.15) is 35.3 Å². The van der Waals surface area contributed by atoms with E-state index in [4.69, 9.17) is 23.7 Å². The number of ketones is 1. The number of ether oxygens (including phenoxy) is 5. The molecular formula is C24H26O6. The van der Waals surface area contributed by atoms with Gasteiger partial charge in [-0.3, -0.25) is 4.79 Å². The Kier molecular flexibility index (Phi) is 6.06. The summed E-state index contributed by atoms with van der Waals surface area (Å²) in [5.41, 5.74) is 1.44. The van der Waals surface area contributed by atoms with Gasteiger partial charge in [0.25, 0.3) is 0 Å². The van der Waals surface area contributed by atoms with Crippen LogP contribution in [0.4, 0.5) is 0 Å². The average molecular weight is 410 g/mol. The number of carbonyl (C=O) groups is 1. The van der Waals surface area contributed by atoms with Crippen molar-refractivity contribution in [2.45, 2.75) is 19.4 Å². The summed E-state index contributed by atoms with van der Waals surface area (Å²) in [6.45, 7) is 3.87. The molecule has 0 aliphatic carbocycles. The van der Waals surface area contributed by atoms with Crippen LogP contribution in [0.25, 0.3) is 12.2 Å². The van der Waals surface area contributed by atoms with Crippen LogP contribution >= 0.6 is 0 Å². The quantitative estimate of drug-likeness (QED) is 0.483. The second-order valence-electron chi connectivity index (χ2n) is 7.25. The first-order valence-electron chi connectivity index (χ1n) is 9.45. The van der Waals surface area contributed by atoms with Gasteiger partial charge in [0.1, 0.15) is 17.1 Å². The number of allylic oxidation sites excluding steroid dienone is 1. The molecule has 6 nitrogen and oxygen atoms in total. The van der Waals surface area contributed by atoms with E-state index in [1.807, 2.05) is 26.0 Å². The lowest BCUT2D eigenvalue weighted by molar-refractivity contribution is 0.103. The molecule has 0 atom stereocenters. The largest absolute Gasteiger partial charge is 0.496 e. The van der Waals surface area contributed by atoms with Gasteiger partial charge in [0.15, 0.2) is 17.3 Å². The lowest BCUT2D eigenvalue weighted by Gasteiger charge is -2.29. The van der Waals surface area contributed by atoms with Gasteiger partial charge in [-0.15, -0.1) is 0 Å². The Balaban J connectivity index is 1.98. The molecule has 0 fully saturated rings. The maximum absolute atomic E-state index is 13.0. The minimum absolute atomic E-state index is 0.186. The highest BCUT2D eigenvalue weighted by molar-refractivity contribution is 6.09. The van der Waals surface area contributed by atoms with E-state index in [2.05, 4.69) is 0 Å². The van der Waals surface area contributed by atoms with Crippen LogP contribution in [0.5, 0.6) is 28.7 Å². The minimum atomic E-state index is -0.519. The van der Waals surface area contributed by atoms with Gasteiger partial charge in [0.05, 0.1) is 39.6 Å². The van der Waals surface area contributed by atoms with Crippen LogP contribution in [0, 0.1) is 0 Å². The first kappa shape index (κ1) is 21.3. The normalized spacial score (nSPS) is 14.1. The van der Waals surface area contributed by atoms with Crippen molar-refractivity contribution < 1.29 is 28.5 Å². The van der Waals surface area contributed by atoms with E-state index in [1.165, 1.54) is 6.08 Å². The number of methoxy groups -OCH3 is 4. The van der Waals surface area contributed by atoms with Crippen LogP contribution in [0.15, 0.2) is 36.4 Å². The van der Waals surface area contributed by atoms with Crippen LogP contribution in [-0.4, -0.2) is 39.8 Å². The number of hydrogen-bond acceptors (Lipinski definition) is 6. The van der Waals surface area contributed by atoms with Gasteiger partial charge >= 0.3 is 0 Å². The second-order valence-corrected chi connectivity index (χ2v) is 7.25. The zero-order valence-corrected chi connectivity index (χ0v) is 18.1. The molecule has 2 aromatic rings. The molecule has 158 valence electrons. The van der Waals surface area contributed by atoms with Crippen LogP contribution in [-0.2, 0) is 0 Å². The van der Waals surface area contributed by atoms with Crippen molar-refractivity contribution in [3.8, 4) is 28.7 Å². The smallest absolute Gasteiger partial charge is 0.203 e. The Morgan fingerprint density at radius 3 is 2.13 bits per heavy atom. The first-order chi connectivity index (χ1) is 14.3. The maximum atomic E-state index is 13.0. The van der Waals surface area contributed by atoms with Crippen molar-refractivity contribution in [2.24, 2.45) is 0 Å². The molecule has 0 saturated heterocycles. The highest BCUT2D eigenvalue weighted by Crippen LogP contribution is 2.41. The number of benzene rings is 2. The third kappa shape index (κ3) is 4.13. The summed E-state index contributed by atoms with van der Waals surface area (Å²) >= 11 is 0. The van der Waals surface area contributed by atoms with E-state index in [0.29, 0.717) is 34.3 Å². The zero-order valence-electron chi connectivity index (χ0n) is 18.1. The Bertz CT molecular complexity index is 992. The van der Waals surface area contributed by atoms with Gasteiger partial charge < -0.3 is 23.7 Å². The SMILES string of the molecule is COc1ccc(C(=O)/C=C/c2cc(OC)c(OC)c(OC)c2)c2c1C=CC(C)(C)O2. The predicted octanol–water partition coefficient (Wildman–Crippen LogP) is 4.80. The summed E-state index contributed by atoms with van der Waals surface area (Å²) < 4.78 is 27.6. The molecule has 0 unspecified atom stereocenters. The lowest BCUT2D eigenvalue weighted by atomic mass is 9.97. The average Bonchev–Trinajstić information content (AvgIpc) is 2.74. The van der Waals surface area contributed by atoms with Crippen molar-refractivity contribution in [2.75, 3.05) is 28.4 Å². The Labute approximate surface area is 176 Å². The molecule has 0 aromatic heterocycles. The van der Waals surface area contributed by atoms with E-state index >= 15 is 0 Å². The van der Waals surface area contributed by atoms with Crippen molar-refractivity contribution in [3.63, 3.8) is 0 Å². The fourth-order valence-corrected chi connectivity index (χ4v) is 3.26. The molecule has 1 aliphatic heterocycles. The molecule has 2 aromatic carbocycles. The van der Waals surface area contributed by atoms with E-state index in [0.717, 1.165) is 11.1 Å². The highest BCUT2D eigenvalue weighted by Gasteiger charge is 2.27. The van der Waals surface area contributed by atoms with Gasteiger partial charge in [-0.05, 0) is 61.9 Å². The van der Waals surface area contributed by atoms with Gasteiger partial charge in [-0.25, -0.2) is 0 Å². The topological polar surface area (TPSA) is 63.2 Å². The minimum Gasteiger partial charge on any atom is -0.496 e. The summed E-state index contributed by atoms with van der Waals surface area (Å²) in [5, 5.41) is 0. The molecule has 0 radical (unpaired) electrons. The highest BCUT2D eigenvalue weighted by atomic mass is 16.5. The lowest BCUT2D eigenvalue weighted by Crippen LogP contribution is -2.28. The van der Waals surface area contributed by atoms with Crippen molar-refractivity contribution in [3.05, 3.63) is 53.1 Å². The summed E-state index contributed by atoms with van der Waals surface area (Å²) in [6.07, 6.45) is 7.07. The van der Waals surface area contributed by atoms with Crippen LogP contribution in [0.2, 0.25) is 0 Å². The zero-order chi connectivity index (χ0) is 21.9. The summed E-state index contributed by atoms with van der Waals surface area (Å²) in [7, 11) is 6.23. The molecule has 30 heavy (non-hydrogen) atoms. The third-order valence-corrected chi connectivity index (χ3v) is 4.77. The molecular weight excluding hydrogens is 384 g/mol. The summed E-state index contributed by atoms with van der Waals surface area (Å²) in [4.78, 5) is 13.0. The fourth-order valence-electron chi connectivity index (χ4n) is 3.26. The molecule has 0 bridgehead atoms. The third-order valence-electron chi connectivity index (χ3n) is 4.77. The molecule has 1 heterocycles. The van der Waals surface area contributed by atoms with Crippen molar-refractivity contribution in [1.29, 1.82) is 0 Å². The Morgan fingerprint density at radius 1 is 0.933 bits per heavy atom. The Hall–Kier alpha value is -3.41. The predicted molar refractivity (Wildman–Crippen MR) is 116 cm³/mol. The van der Waals surface area contributed by atoms with Gasteiger partial charge in [-0.1, -0.05) is 6.08 Å². The monoisotopic (exact) mass is 410 g/mol. The molecule has 0 spiro atoms. The van der Waals surface area contributed by atoms with Crippen LogP contribution in [0.3, 0.4) is 0 Å².